The Bertz CT molecular complexity index is 3130. The minimum absolute atomic E-state index is 0.0429. The van der Waals surface area contributed by atoms with Crippen LogP contribution in [0.1, 0.15) is 48.1 Å². The maximum Gasteiger partial charge on any atom is 0.326 e. The van der Waals surface area contributed by atoms with Gasteiger partial charge in [0.05, 0.1) is 30.9 Å². The van der Waals surface area contributed by atoms with Crippen LogP contribution >= 0.6 is 48.8 Å². The van der Waals surface area contributed by atoms with Crippen molar-refractivity contribution in [2.24, 2.45) is 5.73 Å². The van der Waals surface area contributed by atoms with Crippen LogP contribution in [0.25, 0.3) is 0 Å². The topological polar surface area (TPSA) is 489 Å². The average molecular weight is 1340 g/mol. The third kappa shape index (κ3) is 26.0. The molecule has 1 heterocycles. The first-order valence-corrected chi connectivity index (χ1v) is 32.0. The number of hydrogen-bond acceptors (Lipinski definition) is 21. The van der Waals surface area contributed by atoms with Crippen LogP contribution in [0.5, 0.6) is 17.2 Å². The summed E-state index contributed by atoms with van der Waals surface area (Å²) in [4.78, 5) is 168. The normalized spacial score (nSPS) is 14.3. The molecule has 0 radical (unpaired) electrons. The molecule has 10 atom stereocenters. The van der Waals surface area contributed by atoms with E-state index in [1.54, 1.807) is 12.5 Å². The number of carboxylic acid groups (broad SMARTS) is 3. The first-order chi connectivity index (χ1) is 43.2. The molecular weight excluding hydrogens is 1270 g/mol. The number of nitrogens with one attached hydrogen (secondary N) is 10. The number of nitrogens with two attached hydrogens (primary N) is 1. The Labute approximate surface area is 541 Å². The van der Waals surface area contributed by atoms with Crippen molar-refractivity contribution in [1.29, 1.82) is 0 Å². The first kappa shape index (κ1) is 74.7. The number of aromatic amines is 1. The zero-order valence-electron chi connectivity index (χ0n) is 49.2. The number of H-pyrrole nitrogens is 1. The number of hydrogen-bond donors (Lipinski definition) is 19. The number of carbonyl (C=O) groups is 12. The molecule has 4 aromatic rings. The van der Waals surface area contributed by atoms with Crippen LogP contribution in [0, 0.1) is 0 Å². The van der Waals surface area contributed by atoms with E-state index in [0.29, 0.717) is 16.7 Å². The van der Waals surface area contributed by atoms with Gasteiger partial charge in [-0.3, -0.25) is 52.7 Å². The highest BCUT2D eigenvalue weighted by Gasteiger charge is 2.37. The molecule has 0 aliphatic rings. The fourth-order valence-corrected chi connectivity index (χ4v) is 10.0. The van der Waals surface area contributed by atoms with Gasteiger partial charge in [-0.25, -0.2) is 9.78 Å². The Hall–Kier alpha value is -8.73. The van der Waals surface area contributed by atoms with Crippen LogP contribution in [0.3, 0.4) is 0 Å². The summed E-state index contributed by atoms with van der Waals surface area (Å²) in [7, 11) is 0. The molecule has 9 amide bonds. The third-order valence-electron chi connectivity index (χ3n) is 13.5. The smallest absolute Gasteiger partial charge is 0.326 e. The molecule has 0 saturated heterocycles. The summed E-state index contributed by atoms with van der Waals surface area (Å²) >= 11 is 11.0. The molecular formula is C57H74N12O18S4. The largest absolute Gasteiger partial charge is 0.508 e. The summed E-state index contributed by atoms with van der Waals surface area (Å²) in [6.07, 6.45) is 2.97. The number of nitrogens with zero attached hydrogens (tertiary/aromatic N) is 1. The number of aromatic hydroxyl groups is 3. The SMILES string of the molecule is CSCC[C@H](NC(=O)[C@H](Cc1ccc(O)cc1)NC(=O)[C@H](CS)NC(=O)[C@H](Cc1c[nH]cn1)NC(=O)[C@H](CC(=O)O)NC(=O)[C@@H](N)Cc1ccc(O)cc1)C(=O)N[C@@H](CS)C(=O)N[C@H](CC(=O)O)C(=O)N[C@@H](CCSC)C(=O)N[C@@H](Cc1ccc(O)cc1)C(=O)O. The maximum absolute atomic E-state index is 14.5. The fraction of sp³-hybridized carbons (Fsp3) is 0.421. The Morgan fingerprint density at radius 2 is 0.747 bits per heavy atom. The summed E-state index contributed by atoms with van der Waals surface area (Å²) in [5.74, 6) is -14.5. The van der Waals surface area contributed by atoms with E-state index in [1.807, 2.05) is 0 Å². The number of amides is 9. The lowest BCUT2D eigenvalue weighted by Crippen LogP contribution is -2.61. The molecule has 0 fully saturated rings. The molecule has 0 aliphatic carbocycles. The number of thiol groups is 2. The second-order valence-electron chi connectivity index (χ2n) is 20.5. The number of imidazole rings is 1. The number of phenolic OH excluding ortho intramolecular Hbond substituents is 3. The minimum atomic E-state index is -1.88. The van der Waals surface area contributed by atoms with Crippen molar-refractivity contribution in [2.75, 3.05) is 35.5 Å². The van der Waals surface area contributed by atoms with E-state index in [2.05, 4.69) is 83.1 Å². The molecule has 0 unspecified atom stereocenters. The van der Waals surface area contributed by atoms with Crippen molar-refractivity contribution in [3.8, 4) is 17.2 Å². The van der Waals surface area contributed by atoms with Gasteiger partial charge >= 0.3 is 17.9 Å². The summed E-state index contributed by atoms with van der Waals surface area (Å²) in [6.45, 7) is 0. The summed E-state index contributed by atoms with van der Waals surface area (Å²) in [5.41, 5.74) is 7.65. The number of aromatic nitrogens is 2. The van der Waals surface area contributed by atoms with Gasteiger partial charge in [0, 0.05) is 37.0 Å². The van der Waals surface area contributed by atoms with Crippen molar-refractivity contribution in [3.63, 3.8) is 0 Å². The number of carboxylic acids is 3. The Balaban J connectivity index is 1.53. The van der Waals surface area contributed by atoms with E-state index < -0.39 is 156 Å². The van der Waals surface area contributed by atoms with Crippen molar-refractivity contribution < 1.29 is 88.2 Å². The second kappa shape index (κ2) is 38.1. The monoisotopic (exact) mass is 1340 g/mol. The lowest BCUT2D eigenvalue weighted by molar-refractivity contribution is -0.143. The molecule has 0 saturated carbocycles. The predicted octanol–water partition coefficient (Wildman–Crippen LogP) is -2.11. The third-order valence-corrected chi connectivity index (χ3v) is 15.5. The van der Waals surface area contributed by atoms with E-state index >= 15 is 0 Å². The van der Waals surface area contributed by atoms with Crippen LogP contribution in [-0.2, 0) is 83.2 Å². The van der Waals surface area contributed by atoms with E-state index in [0.717, 1.165) is 0 Å². The number of aliphatic carboxylic acids is 3. The molecule has 494 valence electrons. The van der Waals surface area contributed by atoms with Crippen LogP contribution in [0.2, 0.25) is 0 Å². The van der Waals surface area contributed by atoms with Gasteiger partial charge in [-0.1, -0.05) is 36.4 Å². The molecule has 4 rings (SSSR count). The lowest BCUT2D eigenvalue weighted by Gasteiger charge is -2.27. The van der Waals surface area contributed by atoms with Crippen molar-refractivity contribution >= 4 is 120 Å². The van der Waals surface area contributed by atoms with E-state index in [1.165, 1.54) is 109 Å². The number of rotatable bonds is 39. The van der Waals surface area contributed by atoms with E-state index in [9.17, 15) is 88.2 Å². The zero-order valence-corrected chi connectivity index (χ0v) is 52.6. The van der Waals surface area contributed by atoms with Crippen molar-refractivity contribution in [1.82, 2.24) is 57.8 Å². The van der Waals surface area contributed by atoms with Crippen LogP contribution in [-0.4, -0.2) is 208 Å². The van der Waals surface area contributed by atoms with E-state index in [-0.39, 0.29) is 73.0 Å². The van der Waals surface area contributed by atoms with Gasteiger partial charge in [0.15, 0.2) is 0 Å². The minimum Gasteiger partial charge on any atom is -0.508 e. The van der Waals surface area contributed by atoms with Crippen molar-refractivity contribution in [2.45, 2.75) is 112 Å². The van der Waals surface area contributed by atoms with Gasteiger partial charge in [-0.05, 0) is 96.4 Å². The molecule has 0 bridgehead atoms. The molecule has 18 N–H and O–H groups in total. The average Bonchev–Trinajstić information content (AvgIpc) is 2.22. The summed E-state index contributed by atoms with van der Waals surface area (Å²) in [6, 6.07) is 1.04. The van der Waals surface area contributed by atoms with Gasteiger partial charge in [-0.2, -0.15) is 48.8 Å². The van der Waals surface area contributed by atoms with Gasteiger partial charge < -0.3 is 89.2 Å². The van der Waals surface area contributed by atoms with Gasteiger partial charge in [0.2, 0.25) is 53.2 Å². The van der Waals surface area contributed by atoms with Gasteiger partial charge in [0.1, 0.15) is 71.6 Å². The maximum atomic E-state index is 14.5. The van der Waals surface area contributed by atoms with Crippen LogP contribution in [0.15, 0.2) is 85.3 Å². The fourth-order valence-electron chi connectivity index (χ4n) is 8.57. The van der Waals surface area contributed by atoms with Gasteiger partial charge in [-0.15, -0.1) is 0 Å². The standard InChI is InChI=1S/C57H74N12O18S4/c1-90-17-15-37(49(78)67-43(57(86)87)21-31-7-13-35(72)14-8-31)62-53(82)42(24-47(75)76)66-56(85)44(26-88)68-50(79)38(16-18-91-2)61-51(80)39(20-30-5-11-34(71)12-6-30)64-55(84)45(27-89)69-52(81)40(22-32-25-59-28-60-32)65-54(83)41(23-46(73)74)63-48(77)36(58)19-29-3-9-33(70)10-4-29/h3-14,25,28,36-45,70-72,88-89H,15-24,26-27,58H2,1-2H3,(H,59,60)(H,61,80)(H,62,82)(H,63,77)(H,64,84)(H,65,83)(H,66,85)(H,67,78)(H,68,79)(H,69,81)(H,73,74)(H,75,76)(H,86,87)/t36-,37-,38-,39-,40-,41-,42+,43-,44-,45-/m0/s1. The van der Waals surface area contributed by atoms with Crippen LogP contribution < -0.4 is 53.6 Å². The predicted molar refractivity (Wildman–Crippen MR) is 339 cm³/mol. The zero-order chi connectivity index (χ0) is 67.3. The molecule has 34 heteroatoms. The highest BCUT2D eigenvalue weighted by molar-refractivity contribution is 7.98. The lowest BCUT2D eigenvalue weighted by atomic mass is 10.0. The highest BCUT2D eigenvalue weighted by atomic mass is 32.2. The van der Waals surface area contributed by atoms with E-state index in [4.69, 9.17) is 5.73 Å². The number of phenols is 3. The molecule has 30 nitrogen and oxygen atoms in total. The molecule has 0 aliphatic heterocycles. The highest BCUT2D eigenvalue weighted by Crippen LogP contribution is 2.16. The molecule has 0 spiro atoms. The number of benzene rings is 3. The quantitative estimate of drug-likeness (QED) is 0.0213. The second-order valence-corrected chi connectivity index (χ2v) is 23.2. The van der Waals surface area contributed by atoms with Crippen molar-refractivity contribution in [3.05, 3.63) is 108 Å². The Kier molecular flexibility index (Phi) is 31.3. The molecule has 3 aromatic carbocycles. The molecule has 1 aromatic heterocycles. The number of carbonyl (C=O) groups excluding carboxylic acids is 9. The van der Waals surface area contributed by atoms with Gasteiger partial charge in [0.25, 0.3) is 0 Å². The first-order valence-electron chi connectivity index (χ1n) is 27.9. The van der Waals surface area contributed by atoms with Crippen LogP contribution in [0.4, 0.5) is 0 Å². The summed E-state index contributed by atoms with van der Waals surface area (Å²) in [5, 5.41) is 80.5. The summed E-state index contributed by atoms with van der Waals surface area (Å²) < 4.78 is 0. The molecule has 91 heavy (non-hydrogen) atoms. The Morgan fingerprint density at radius 1 is 0.440 bits per heavy atom. The Morgan fingerprint density at radius 3 is 1.11 bits per heavy atom. The number of thioether (sulfide) groups is 2.